The van der Waals surface area contributed by atoms with E-state index in [-0.39, 0.29) is 18.6 Å². The minimum atomic E-state index is -0.278. The minimum absolute atomic E-state index is 0.0307. The number of rotatable bonds is 6. The van der Waals surface area contributed by atoms with E-state index in [1.807, 2.05) is 12.1 Å². The molecule has 0 aromatic heterocycles. The molecule has 0 spiro atoms. The molecule has 116 valence electrons. The molecule has 1 unspecified atom stereocenters. The number of carbonyl (C=O) groups excluding carboxylic acids is 1. The number of ether oxygens (including phenoxy) is 2. The largest absolute Gasteiger partial charge is 0.494 e. The number of nitrogens with zero attached hydrogens (tertiary/aromatic N) is 1. The van der Waals surface area contributed by atoms with Crippen LogP contribution in [0.5, 0.6) is 5.75 Å². The molecule has 1 saturated heterocycles. The van der Waals surface area contributed by atoms with Crippen molar-refractivity contribution in [1.29, 1.82) is 0 Å². The monoisotopic (exact) mass is 293 g/mol. The number of aliphatic hydroxyl groups excluding tert-OH is 1. The SMILES string of the molecule is CCCCOc1ccc(C(=O)N2CCOC(CO)C2)cc1. The summed E-state index contributed by atoms with van der Waals surface area (Å²) in [5, 5.41) is 9.12. The highest BCUT2D eigenvalue weighted by Gasteiger charge is 2.24. The van der Waals surface area contributed by atoms with Crippen molar-refractivity contribution in [2.45, 2.75) is 25.9 Å². The zero-order valence-electron chi connectivity index (χ0n) is 12.5. The first kappa shape index (κ1) is 15.8. The molecule has 1 aromatic rings. The highest BCUT2D eigenvalue weighted by atomic mass is 16.5. The van der Waals surface area contributed by atoms with E-state index < -0.39 is 0 Å². The number of unbranched alkanes of at least 4 members (excludes halogenated alkanes) is 1. The third kappa shape index (κ3) is 4.44. The van der Waals surface area contributed by atoms with Gasteiger partial charge in [-0.2, -0.15) is 0 Å². The van der Waals surface area contributed by atoms with Crippen LogP contribution in [0.3, 0.4) is 0 Å². The third-order valence-corrected chi connectivity index (χ3v) is 3.50. The van der Waals surface area contributed by atoms with E-state index >= 15 is 0 Å². The number of benzene rings is 1. The Kier molecular flexibility index (Phi) is 6.02. The first-order chi connectivity index (χ1) is 10.2. The van der Waals surface area contributed by atoms with Crippen LogP contribution in [-0.4, -0.2) is 54.9 Å². The van der Waals surface area contributed by atoms with Crippen molar-refractivity contribution in [3.05, 3.63) is 29.8 Å². The summed E-state index contributed by atoms with van der Waals surface area (Å²) in [5.41, 5.74) is 0.636. The molecular formula is C16H23NO4. The Labute approximate surface area is 125 Å². The summed E-state index contributed by atoms with van der Waals surface area (Å²) in [6, 6.07) is 7.22. The number of amides is 1. The maximum Gasteiger partial charge on any atom is 0.254 e. The molecule has 0 aliphatic carbocycles. The second-order valence-electron chi connectivity index (χ2n) is 5.15. The smallest absolute Gasteiger partial charge is 0.254 e. The molecule has 1 fully saturated rings. The topological polar surface area (TPSA) is 59.0 Å². The molecule has 1 heterocycles. The van der Waals surface area contributed by atoms with Crippen molar-refractivity contribution in [2.24, 2.45) is 0 Å². The summed E-state index contributed by atoms with van der Waals surface area (Å²) in [6.45, 7) is 4.22. The predicted octanol–water partition coefficient (Wildman–Crippen LogP) is 1.70. The lowest BCUT2D eigenvalue weighted by atomic mass is 10.1. The van der Waals surface area contributed by atoms with Crippen LogP contribution in [0.1, 0.15) is 30.1 Å². The Morgan fingerprint density at radius 1 is 1.43 bits per heavy atom. The Hall–Kier alpha value is -1.59. The molecule has 1 aliphatic rings. The van der Waals surface area contributed by atoms with Crippen LogP contribution < -0.4 is 4.74 Å². The first-order valence-corrected chi connectivity index (χ1v) is 7.49. The van der Waals surface area contributed by atoms with Gasteiger partial charge >= 0.3 is 0 Å². The van der Waals surface area contributed by atoms with E-state index in [0.29, 0.717) is 31.9 Å². The van der Waals surface area contributed by atoms with Gasteiger partial charge < -0.3 is 19.5 Å². The van der Waals surface area contributed by atoms with Gasteiger partial charge in [-0.3, -0.25) is 4.79 Å². The van der Waals surface area contributed by atoms with Crippen molar-refractivity contribution in [3.8, 4) is 5.75 Å². The minimum Gasteiger partial charge on any atom is -0.494 e. The van der Waals surface area contributed by atoms with Crippen molar-refractivity contribution < 1.29 is 19.4 Å². The van der Waals surface area contributed by atoms with Crippen molar-refractivity contribution >= 4 is 5.91 Å². The van der Waals surface area contributed by atoms with E-state index in [9.17, 15) is 4.79 Å². The van der Waals surface area contributed by atoms with Gasteiger partial charge in [0.2, 0.25) is 0 Å². The quantitative estimate of drug-likeness (QED) is 0.811. The molecule has 1 aromatic carbocycles. The fourth-order valence-corrected chi connectivity index (χ4v) is 2.22. The number of aliphatic hydroxyl groups is 1. The van der Waals surface area contributed by atoms with Crippen LogP contribution >= 0.6 is 0 Å². The van der Waals surface area contributed by atoms with Crippen LogP contribution in [0.15, 0.2) is 24.3 Å². The van der Waals surface area contributed by atoms with Crippen LogP contribution in [0.25, 0.3) is 0 Å². The molecule has 21 heavy (non-hydrogen) atoms. The van der Waals surface area contributed by atoms with Gasteiger partial charge in [0, 0.05) is 18.7 Å². The summed E-state index contributed by atoms with van der Waals surface area (Å²) in [7, 11) is 0. The number of morpholine rings is 1. The molecule has 2 rings (SSSR count). The van der Waals surface area contributed by atoms with Crippen molar-refractivity contribution in [2.75, 3.05) is 32.9 Å². The van der Waals surface area contributed by atoms with Crippen LogP contribution in [0.2, 0.25) is 0 Å². The van der Waals surface area contributed by atoms with E-state index in [0.717, 1.165) is 18.6 Å². The highest BCUT2D eigenvalue weighted by molar-refractivity contribution is 5.94. The third-order valence-electron chi connectivity index (χ3n) is 3.50. The van der Waals surface area contributed by atoms with Crippen molar-refractivity contribution in [3.63, 3.8) is 0 Å². The molecule has 1 aliphatic heterocycles. The number of carbonyl (C=O) groups is 1. The van der Waals surface area contributed by atoms with Crippen LogP contribution in [0.4, 0.5) is 0 Å². The van der Waals surface area contributed by atoms with Crippen LogP contribution in [0, 0.1) is 0 Å². The van der Waals surface area contributed by atoms with Gasteiger partial charge in [0.25, 0.3) is 5.91 Å². The molecule has 5 heteroatoms. The standard InChI is InChI=1S/C16H23NO4/c1-2-3-9-20-14-6-4-13(5-7-14)16(19)17-8-10-21-15(11-17)12-18/h4-7,15,18H,2-3,8-12H2,1H3. The summed E-state index contributed by atoms with van der Waals surface area (Å²) in [6.07, 6.45) is 1.84. The van der Waals surface area contributed by atoms with E-state index in [1.54, 1.807) is 17.0 Å². The summed E-state index contributed by atoms with van der Waals surface area (Å²) < 4.78 is 10.9. The van der Waals surface area contributed by atoms with Gasteiger partial charge in [0.15, 0.2) is 0 Å². The Morgan fingerprint density at radius 2 is 2.19 bits per heavy atom. The van der Waals surface area contributed by atoms with Gasteiger partial charge in [-0.15, -0.1) is 0 Å². The molecule has 0 radical (unpaired) electrons. The highest BCUT2D eigenvalue weighted by Crippen LogP contribution is 2.16. The van der Waals surface area contributed by atoms with E-state index in [4.69, 9.17) is 14.6 Å². The van der Waals surface area contributed by atoms with Gasteiger partial charge in [-0.05, 0) is 30.7 Å². The van der Waals surface area contributed by atoms with Gasteiger partial charge in [-0.1, -0.05) is 13.3 Å². The normalized spacial score (nSPS) is 18.6. The lowest BCUT2D eigenvalue weighted by molar-refractivity contribution is -0.0447. The Morgan fingerprint density at radius 3 is 2.86 bits per heavy atom. The molecule has 0 saturated carbocycles. The fourth-order valence-electron chi connectivity index (χ4n) is 2.22. The lowest BCUT2D eigenvalue weighted by Gasteiger charge is -2.32. The summed E-state index contributed by atoms with van der Waals surface area (Å²) >= 11 is 0. The van der Waals surface area contributed by atoms with Crippen molar-refractivity contribution in [1.82, 2.24) is 4.90 Å². The second-order valence-corrected chi connectivity index (χ2v) is 5.15. The Bertz CT molecular complexity index is 446. The Balaban J connectivity index is 1.93. The van der Waals surface area contributed by atoms with E-state index in [2.05, 4.69) is 6.92 Å². The first-order valence-electron chi connectivity index (χ1n) is 7.49. The average molecular weight is 293 g/mol. The maximum atomic E-state index is 12.4. The summed E-state index contributed by atoms with van der Waals surface area (Å²) in [5.74, 6) is 0.757. The number of hydrogen-bond donors (Lipinski definition) is 1. The second kappa shape index (κ2) is 8.00. The van der Waals surface area contributed by atoms with Crippen LogP contribution in [-0.2, 0) is 4.74 Å². The fraction of sp³-hybridized carbons (Fsp3) is 0.562. The number of hydrogen-bond acceptors (Lipinski definition) is 4. The molecule has 1 N–H and O–H groups in total. The zero-order chi connectivity index (χ0) is 15.1. The average Bonchev–Trinajstić information content (AvgIpc) is 2.55. The van der Waals surface area contributed by atoms with Gasteiger partial charge in [-0.25, -0.2) is 0 Å². The van der Waals surface area contributed by atoms with Gasteiger partial charge in [0.05, 0.1) is 25.9 Å². The maximum absolute atomic E-state index is 12.4. The molecule has 1 atom stereocenters. The molecule has 0 bridgehead atoms. The zero-order valence-corrected chi connectivity index (χ0v) is 12.5. The predicted molar refractivity (Wildman–Crippen MR) is 79.6 cm³/mol. The molecule has 1 amide bonds. The molecular weight excluding hydrogens is 270 g/mol. The summed E-state index contributed by atoms with van der Waals surface area (Å²) in [4.78, 5) is 14.1. The van der Waals surface area contributed by atoms with Gasteiger partial charge in [0.1, 0.15) is 5.75 Å². The molecule has 5 nitrogen and oxygen atoms in total. The van der Waals surface area contributed by atoms with E-state index in [1.165, 1.54) is 0 Å². The lowest BCUT2D eigenvalue weighted by Crippen LogP contribution is -2.46.